The van der Waals surface area contributed by atoms with Gasteiger partial charge < -0.3 is 16.0 Å². The van der Waals surface area contributed by atoms with E-state index in [0.717, 1.165) is 15.7 Å². The molecule has 0 atom stereocenters. The predicted molar refractivity (Wildman–Crippen MR) is 80.7 cm³/mol. The standard InChI is InChI=1S/C12H15BrN6/c1-7-5-4-6-8(9(7)13)15-11-16-10(14)17-12(18-11)19(2)3/h4-6H,1-3H3,(H3,14,15,16,17,18). The zero-order chi connectivity index (χ0) is 14.0. The lowest BCUT2D eigenvalue weighted by Gasteiger charge is -2.13. The smallest absolute Gasteiger partial charge is 0.233 e. The second-order valence-corrected chi connectivity index (χ2v) is 5.07. The molecule has 2 aromatic rings. The third-order valence-corrected chi connectivity index (χ3v) is 3.53. The van der Waals surface area contributed by atoms with Gasteiger partial charge in [0.05, 0.1) is 5.69 Å². The maximum Gasteiger partial charge on any atom is 0.233 e. The van der Waals surface area contributed by atoms with Crippen LogP contribution < -0.4 is 16.0 Å². The van der Waals surface area contributed by atoms with Crippen LogP contribution in [-0.4, -0.2) is 29.0 Å². The molecule has 0 fully saturated rings. The summed E-state index contributed by atoms with van der Waals surface area (Å²) in [5.41, 5.74) is 7.69. The highest BCUT2D eigenvalue weighted by atomic mass is 79.9. The van der Waals surface area contributed by atoms with Crippen LogP contribution in [0, 0.1) is 6.92 Å². The molecule has 0 aliphatic rings. The van der Waals surface area contributed by atoms with Crippen LogP contribution in [0.25, 0.3) is 0 Å². The van der Waals surface area contributed by atoms with Crippen molar-refractivity contribution in [1.82, 2.24) is 15.0 Å². The van der Waals surface area contributed by atoms with Gasteiger partial charge in [-0.05, 0) is 34.5 Å². The predicted octanol–water partition coefficient (Wildman–Crippen LogP) is 2.33. The summed E-state index contributed by atoms with van der Waals surface area (Å²) in [5, 5.41) is 3.13. The molecule has 7 heteroatoms. The zero-order valence-electron chi connectivity index (χ0n) is 11.0. The number of aromatic nitrogens is 3. The Hall–Kier alpha value is -1.89. The number of hydrogen-bond donors (Lipinski definition) is 2. The van der Waals surface area contributed by atoms with Crippen LogP contribution in [0.2, 0.25) is 0 Å². The molecule has 0 radical (unpaired) electrons. The number of benzene rings is 1. The number of aryl methyl sites for hydroxylation is 1. The van der Waals surface area contributed by atoms with Gasteiger partial charge in [-0.25, -0.2) is 0 Å². The Kier molecular flexibility index (Phi) is 3.84. The molecule has 1 heterocycles. The van der Waals surface area contributed by atoms with E-state index in [2.05, 4.69) is 36.2 Å². The number of hydrogen-bond acceptors (Lipinski definition) is 6. The Morgan fingerprint density at radius 3 is 2.63 bits per heavy atom. The summed E-state index contributed by atoms with van der Waals surface area (Å²) >= 11 is 3.53. The van der Waals surface area contributed by atoms with Gasteiger partial charge in [0.25, 0.3) is 0 Å². The normalized spacial score (nSPS) is 10.3. The molecule has 1 aromatic carbocycles. The summed E-state index contributed by atoms with van der Waals surface area (Å²) in [6, 6.07) is 5.91. The van der Waals surface area contributed by atoms with Crippen molar-refractivity contribution < 1.29 is 0 Å². The van der Waals surface area contributed by atoms with Crippen molar-refractivity contribution >= 4 is 39.5 Å². The average Bonchev–Trinajstić information content (AvgIpc) is 2.34. The first-order chi connectivity index (χ1) is 8.97. The van der Waals surface area contributed by atoms with Crippen LogP contribution in [0.3, 0.4) is 0 Å². The number of nitrogen functional groups attached to an aromatic ring is 1. The summed E-state index contributed by atoms with van der Waals surface area (Å²) in [6.07, 6.45) is 0. The maximum absolute atomic E-state index is 5.68. The van der Waals surface area contributed by atoms with Gasteiger partial charge in [0.15, 0.2) is 0 Å². The Bertz CT molecular complexity index is 599. The molecular formula is C12H15BrN6. The molecular weight excluding hydrogens is 308 g/mol. The van der Waals surface area contributed by atoms with Crippen molar-refractivity contribution in [2.45, 2.75) is 6.92 Å². The van der Waals surface area contributed by atoms with Gasteiger partial charge in [-0.3, -0.25) is 0 Å². The molecule has 6 nitrogen and oxygen atoms in total. The van der Waals surface area contributed by atoms with Crippen LogP contribution in [0.5, 0.6) is 0 Å². The van der Waals surface area contributed by atoms with E-state index in [1.54, 1.807) is 4.90 Å². The molecule has 0 aliphatic heterocycles. The highest BCUT2D eigenvalue weighted by molar-refractivity contribution is 9.10. The highest BCUT2D eigenvalue weighted by Crippen LogP contribution is 2.27. The second-order valence-electron chi connectivity index (χ2n) is 4.27. The fourth-order valence-corrected chi connectivity index (χ4v) is 1.86. The lowest BCUT2D eigenvalue weighted by Crippen LogP contribution is -2.15. The van der Waals surface area contributed by atoms with E-state index in [1.807, 2.05) is 39.2 Å². The monoisotopic (exact) mass is 322 g/mol. The quantitative estimate of drug-likeness (QED) is 0.902. The number of halogens is 1. The number of nitrogens with zero attached hydrogens (tertiary/aromatic N) is 4. The van der Waals surface area contributed by atoms with Crippen molar-refractivity contribution in [2.24, 2.45) is 0 Å². The maximum atomic E-state index is 5.68. The van der Waals surface area contributed by atoms with Gasteiger partial charge in [0.2, 0.25) is 17.8 Å². The summed E-state index contributed by atoms with van der Waals surface area (Å²) in [6.45, 7) is 2.02. The molecule has 0 amide bonds. The van der Waals surface area contributed by atoms with Gasteiger partial charge in [-0.1, -0.05) is 12.1 Å². The molecule has 3 N–H and O–H groups in total. The summed E-state index contributed by atoms with van der Waals surface area (Å²) < 4.78 is 0.973. The van der Waals surface area contributed by atoms with E-state index < -0.39 is 0 Å². The number of rotatable bonds is 3. The summed E-state index contributed by atoms with van der Waals surface area (Å²) in [5.74, 6) is 1.12. The number of nitrogens with two attached hydrogens (primary N) is 1. The van der Waals surface area contributed by atoms with Crippen LogP contribution in [0.15, 0.2) is 22.7 Å². The first-order valence-corrected chi connectivity index (χ1v) is 6.47. The first kappa shape index (κ1) is 13.5. The molecule has 0 saturated carbocycles. The highest BCUT2D eigenvalue weighted by Gasteiger charge is 2.08. The van der Waals surface area contributed by atoms with Gasteiger partial charge in [0.1, 0.15) is 0 Å². The van der Waals surface area contributed by atoms with E-state index in [1.165, 1.54) is 0 Å². The average molecular weight is 323 g/mol. The van der Waals surface area contributed by atoms with Crippen LogP contribution in [0.4, 0.5) is 23.5 Å². The first-order valence-electron chi connectivity index (χ1n) is 5.68. The molecule has 100 valence electrons. The Morgan fingerprint density at radius 2 is 1.95 bits per heavy atom. The summed E-state index contributed by atoms with van der Waals surface area (Å²) in [7, 11) is 3.70. The third-order valence-electron chi connectivity index (χ3n) is 2.48. The second kappa shape index (κ2) is 5.40. The van der Waals surface area contributed by atoms with Gasteiger partial charge in [-0.2, -0.15) is 15.0 Å². The molecule has 0 bridgehead atoms. The fourth-order valence-electron chi connectivity index (χ4n) is 1.50. The van der Waals surface area contributed by atoms with Crippen LogP contribution in [0.1, 0.15) is 5.56 Å². The van der Waals surface area contributed by atoms with Gasteiger partial charge in [0, 0.05) is 18.6 Å². The van der Waals surface area contributed by atoms with Crippen LogP contribution >= 0.6 is 15.9 Å². The molecule has 2 rings (SSSR count). The van der Waals surface area contributed by atoms with E-state index in [4.69, 9.17) is 5.73 Å². The fraction of sp³-hybridized carbons (Fsp3) is 0.250. The Balaban J connectivity index is 2.35. The van der Waals surface area contributed by atoms with Gasteiger partial charge >= 0.3 is 0 Å². The van der Waals surface area contributed by atoms with E-state index >= 15 is 0 Å². The van der Waals surface area contributed by atoms with Gasteiger partial charge in [-0.15, -0.1) is 0 Å². The SMILES string of the molecule is Cc1cccc(Nc2nc(N)nc(N(C)C)n2)c1Br. The third kappa shape index (κ3) is 3.11. The topological polar surface area (TPSA) is 80.0 Å². The largest absolute Gasteiger partial charge is 0.368 e. The lowest BCUT2D eigenvalue weighted by atomic mass is 10.2. The van der Waals surface area contributed by atoms with Crippen LogP contribution in [-0.2, 0) is 0 Å². The summed E-state index contributed by atoms with van der Waals surface area (Å²) in [4.78, 5) is 14.2. The van der Waals surface area contributed by atoms with E-state index in [-0.39, 0.29) is 5.95 Å². The number of nitrogens with one attached hydrogen (secondary N) is 1. The zero-order valence-corrected chi connectivity index (χ0v) is 12.6. The Morgan fingerprint density at radius 1 is 1.21 bits per heavy atom. The van der Waals surface area contributed by atoms with Crippen molar-refractivity contribution in [3.05, 3.63) is 28.2 Å². The van der Waals surface area contributed by atoms with Crippen molar-refractivity contribution in [1.29, 1.82) is 0 Å². The minimum absolute atomic E-state index is 0.185. The molecule has 0 spiro atoms. The molecule has 0 saturated heterocycles. The minimum atomic E-state index is 0.185. The lowest BCUT2D eigenvalue weighted by molar-refractivity contribution is 0.969. The van der Waals surface area contributed by atoms with E-state index in [9.17, 15) is 0 Å². The number of anilines is 4. The Labute approximate surface area is 120 Å². The van der Waals surface area contributed by atoms with E-state index in [0.29, 0.717) is 11.9 Å². The van der Waals surface area contributed by atoms with Crippen molar-refractivity contribution in [3.63, 3.8) is 0 Å². The molecule has 1 aromatic heterocycles. The van der Waals surface area contributed by atoms with Crippen molar-refractivity contribution in [3.8, 4) is 0 Å². The molecule has 0 aliphatic carbocycles. The minimum Gasteiger partial charge on any atom is -0.368 e. The van der Waals surface area contributed by atoms with Crippen molar-refractivity contribution in [2.75, 3.05) is 30.0 Å². The molecule has 19 heavy (non-hydrogen) atoms. The molecule has 0 unspecified atom stereocenters.